The number of urea groups is 1. The molecule has 2 aliphatic heterocycles. The van der Waals surface area contributed by atoms with Crippen molar-refractivity contribution in [3.05, 3.63) is 76.6 Å². The van der Waals surface area contributed by atoms with Gasteiger partial charge in [0.25, 0.3) is 10.3 Å². The fourth-order valence-corrected chi connectivity index (χ4v) is 15.7. The van der Waals surface area contributed by atoms with Gasteiger partial charge in [0.15, 0.2) is 11.5 Å². The maximum atomic E-state index is 15.2. The van der Waals surface area contributed by atoms with Crippen LogP contribution < -0.4 is 57.1 Å². The Hall–Kier alpha value is -7.30. The SMILES string of the molecule is CC(=O)N[C@@H](CCCCN)C(=O)N[C@H](C(=O)N[C@@H](CCCNC(N)=O)C(=O)Nc1ccc(COC(=S)N(C)CCN(C)C(=S)Oc2cc3c(c4c(C)c[nH]c24)[C@H](CCl)CN3C(=O)C23CC4(C(=O)N5C[C@@H](CCl)c6c5cc(OP(=O)(O)O)c5[nH]cc(C)c65)CC24C3)cc1)C(C)C. The fourth-order valence-electron chi connectivity index (χ4n) is 14.5. The number of thiocarbonyl (C=S) groups is 2. The number of phosphoric ester groups is 1. The summed E-state index contributed by atoms with van der Waals surface area (Å²) in [5, 5.41) is 15.4. The number of rotatable bonds is 28. The number of aromatic nitrogens is 2. The molecule has 5 aromatic rings. The monoisotopic (exact) mass is 1410 g/mol. The first kappa shape index (κ1) is 70.5. The predicted octanol–water partition coefficient (Wildman–Crippen LogP) is 6.62. The molecule has 3 saturated carbocycles. The number of nitrogens with two attached hydrogens (primary N) is 2. The van der Waals surface area contributed by atoms with Crippen molar-refractivity contribution in [1.29, 1.82) is 0 Å². The highest BCUT2D eigenvalue weighted by atomic mass is 35.5. The lowest BCUT2D eigenvalue weighted by Crippen LogP contribution is -2.57. The number of unbranched alkanes of at least 4 members (excludes halogenated alkanes) is 1. The van der Waals surface area contributed by atoms with Gasteiger partial charge >= 0.3 is 13.9 Å². The van der Waals surface area contributed by atoms with Gasteiger partial charge in [-0.05, 0) is 142 Å². The van der Waals surface area contributed by atoms with Crippen LogP contribution in [0.25, 0.3) is 21.8 Å². The molecule has 8 atom stereocenters. The molecule has 3 fully saturated rings. The first-order valence-electron chi connectivity index (χ1n) is 31.6. The van der Waals surface area contributed by atoms with E-state index in [1.54, 1.807) is 73.1 Å². The van der Waals surface area contributed by atoms with Gasteiger partial charge in [-0.3, -0.25) is 38.6 Å². The molecule has 13 N–H and O–H groups in total. The van der Waals surface area contributed by atoms with Crippen molar-refractivity contribution < 1.29 is 61.9 Å². The molecule has 2 aromatic heterocycles. The summed E-state index contributed by atoms with van der Waals surface area (Å²) in [6, 6.07) is 6.43. The van der Waals surface area contributed by atoms with Gasteiger partial charge in [0.1, 0.15) is 24.7 Å². The number of aromatic amines is 2. The number of hydrogen-bond acceptors (Lipinski definition) is 14. The van der Waals surface area contributed by atoms with Crippen molar-refractivity contribution in [3.63, 3.8) is 0 Å². The summed E-state index contributed by atoms with van der Waals surface area (Å²) in [6.45, 7) is 10.6. The molecular formula is C64H82Cl2N13O13PS2. The third-order valence-corrected chi connectivity index (χ3v) is 21.4. The van der Waals surface area contributed by atoms with Gasteiger partial charge in [-0.1, -0.05) is 26.0 Å². The highest BCUT2D eigenvalue weighted by Crippen LogP contribution is 3.01. The number of nitrogens with zero attached hydrogens (tertiary/aromatic N) is 4. The molecule has 3 unspecified atom stereocenters. The Morgan fingerprint density at radius 1 is 0.758 bits per heavy atom. The van der Waals surface area contributed by atoms with Crippen LogP contribution in [0, 0.1) is 36.0 Å². The highest BCUT2D eigenvalue weighted by molar-refractivity contribution is 7.80. The molecule has 10 rings (SSSR count). The van der Waals surface area contributed by atoms with E-state index in [1.807, 2.05) is 31.0 Å². The van der Waals surface area contributed by atoms with E-state index >= 15 is 4.79 Å². The van der Waals surface area contributed by atoms with Gasteiger partial charge in [0.05, 0.1) is 33.2 Å². The van der Waals surface area contributed by atoms with Crippen LogP contribution in [-0.4, -0.2) is 165 Å². The van der Waals surface area contributed by atoms with Crippen LogP contribution in [0.1, 0.15) is 112 Å². The second-order valence-corrected chi connectivity index (χ2v) is 28.6. The Balaban J connectivity index is 0.739. The molecule has 95 heavy (non-hydrogen) atoms. The Labute approximate surface area is 570 Å². The Kier molecular flexibility index (Phi) is 20.8. The fraction of sp³-hybridized carbons (Fsp3) is 0.516. The van der Waals surface area contributed by atoms with E-state index in [0.29, 0.717) is 104 Å². The Bertz CT molecular complexity index is 3940. The molecule has 4 heterocycles. The number of likely N-dealkylation sites (N-methyl/N-ethyl adjacent to an activating group) is 2. The van der Waals surface area contributed by atoms with Gasteiger partial charge < -0.3 is 81.6 Å². The van der Waals surface area contributed by atoms with E-state index in [0.717, 1.165) is 33.2 Å². The third-order valence-electron chi connectivity index (χ3n) is 19.4. The van der Waals surface area contributed by atoms with E-state index in [-0.39, 0.29) is 84.0 Å². The van der Waals surface area contributed by atoms with Crippen LogP contribution in [0.5, 0.6) is 11.5 Å². The number of hydrogen-bond donors (Lipinski definition) is 11. The van der Waals surface area contributed by atoms with E-state index in [4.69, 9.17) is 73.1 Å². The van der Waals surface area contributed by atoms with Crippen molar-refractivity contribution in [2.24, 2.45) is 33.6 Å². The number of amides is 8. The lowest BCUT2D eigenvalue weighted by molar-refractivity contribution is -0.134. The highest BCUT2D eigenvalue weighted by Gasteiger charge is 3.01. The number of halogens is 2. The quantitative estimate of drug-likeness (QED) is 0.0108. The number of H-pyrrole nitrogens is 2. The zero-order chi connectivity index (χ0) is 68.8. The summed E-state index contributed by atoms with van der Waals surface area (Å²) >= 11 is 24.9. The minimum Gasteiger partial charge on any atom is -0.466 e. The van der Waals surface area contributed by atoms with Crippen LogP contribution in [0.3, 0.4) is 0 Å². The summed E-state index contributed by atoms with van der Waals surface area (Å²) < 4.78 is 29.9. The maximum absolute atomic E-state index is 15.2. The number of carbonyl (C=O) groups is 7. The second-order valence-electron chi connectivity index (χ2n) is 26.2. The Morgan fingerprint density at radius 3 is 1.81 bits per heavy atom. The minimum atomic E-state index is -4.98. The summed E-state index contributed by atoms with van der Waals surface area (Å²) in [4.78, 5) is 128. The average Bonchev–Trinajstić information content (AvgIpc) is 1.40. The number of phosphoric acid groups is 1. The largest absolute Gasteiger partial charge is 0.524 e. The summed E-state index contributed by atoms with van der Waals surface area (Å²) in [5.74, 6) is -2.37. The Morgan fingerprint density at radius 2 is 1.29 bits per heavy atom. The van der Waals surface area contributed by atoms with E-state index in [1.165, 1.54) is 13.0 Å². The normalized spacial score (nSPS) is 21.2. The summed E-state index contributed by atoms with van der Waals surface area (Å²) in [5.41, 5.74) is 15.7. The number of aryl methyl sites for hydroxylation is 2. The van der Waals surface area contributed by atoms with Crippen molar-refractivity contribution in [2.75, 3.05) is 80.2 Å². The van der Waals surface area contributed by atoms with Crippen molar-refractivity contribution in [3.8, 4) is 11.5 Å². The molecule has 31 heteroatoms. The summed E-state index contributed by atoms with van der Waals surface area (Å²) in [7, 11) is -1.40. The number of primary amides is 1. The first-order chi connectivity index (χ1) is 45.0. The van der Waals surface area contributed by atoms with Gasteiger partial charge in [0, 0.05) is 124 Å². The minimum absolute atomic E-state index is 0.0686. The molecule has 3 aromatic carbocycles. The van der Waals surface area contributed by atoms with Crippen LogP contribution in [0.15, 0.2) is 48.8 Å². The smallest absolute Gasteiger partial charge is 0.466 e. The average molecular weight is 1410 g/mol. The predicted molar refractivity (Wildman–Crippen MR) is 368 cm³/mol. The van der Waals surface area contributed by atoms with Crippen molar-refractivity contribution in [1.82, 2.24) is 41.0 Å². The van der Waals surface area contributed by atoms with E-state index in [2.05, 4.69) is 36.6 Å². The van der Waals surface area contributed by atoms with Crippen molar-refractivity contribution >= 4 is 146 Å². The zero-order valence-electron chi connectivity index (χ0n) is 54.0. The van der Waals surface area contributed by atoms with Gasteiger partial charge in [-0.2, -0.15) is 0 Å². The molecule has 26 nitrogen and oxygen atoms in total. The molecule has 8 amide bonds. The molecular weight excluding hydrogens is 1320 g/mol. The molecule has 3 aliphatic carbocycles. The zero-order valence-corrected chi connectivity index (χ0v) is 58.0. The number of ether oxygens (including phenoxy) is 2. The van der Waals surface area contributed by atoms with Crippen LogP contribution in [0.4, 0.5) is 21.9 Å². The maximum Gasteiger partial charge on any atom is 0.524 e. The lowest BCUT2D eigenvalue weighted by Gasteiger charge is -2.37. The number of nitrogens with one attached hydrogen (secondary N) is 7. The molecule has 512 valence electrons. The second kappa shape index (κ2) is 28.0. The number of benzene rings is 3. The van der Waals surface area contributed by atoms with E-state index in [9.17, 15) is 43.1 Å². The van der Waals surface area contributed by atoms with Crippen LogP contribution in [-0.2, 0) is 44.7 Å². The summed E-state index contributed by atoms with van der Waals surface area (Å²) in [6.07, 6.45) is 6.98. The lowest BCUT2D eigenvalue weighted by atomic mass is 9.72. The molecule has 0 bridgehead atoms. The molecule has 5 aliphatic rings. The van der Waals surface area contributed by atoms with E-state index < -0.39 is 77.8 Å². The topological polar surface area (TPSA) is 361 Å². The number of carbonyl (C=O) groups excluding carboxylic acids is 7. The standard InChI is InChI=1S/C64H82Cl2N13O13PS2/c1-33(2)51(75-55(82)41(72-36(5)80)11-8-9-17-67)56(83)74-42(12-10-18-69-59(68)86)54(81)73-40-15-13-37(14-16-40)29-90-60(94)76(6)19-20-77(7)61(95)91-45-21-43-49(47-34(3)25-70-52(45)47)38(23-65)27-78(43)57(84)62-30-63(32-64(62,63)31-62)58(85)79-28-39(24-66)50-44(79)22-46(92-93(87,88)89)53-48(50)35(4)26-71-53/h13-16,21-22,25-26,33,38-39,41-42,51,70-71H,8-12,17-20,23-24,27-32,67H2,1-7H3,(H,72,80)(H,73,81)(H,74,83)(H,75,82)(H3,68,69,86)(H2,87,88,89)/t38-,39-,41+,42+,51+,62?,63?,64?/m1/s1. The first-order valence-corrected chi connectivity index (χ1v) is 35.1. The number of alkyl halides is 2. The van der Waals surface area contributed by atoms with Gasteiger partial charge in [-0.25, -0.2) is 9.36 Å². The molecule has 0 saturated heterocycles. The number of anilines is 3. The number of fused-ring (bicyclic) bond motifs is 6. The van der Waals surface area contributed by atoms with Crippen LogP contribution in [0.2, 0.25) is 0 Å². The van der Waals surface area contributed by atoms with Crippen LogP contribution >= 0.6 is 55.5 Å². The van der Waals surface area contributed by atoms with Crippen molar-refractivity contribution in [2.45, 2.75) is 123 Å². The van der Waals surface area contributed by atoms with Gasteiger partial charge in [0.2, 0.25) is 35.4 Å². The molecule has 1 spiro atoms. The molecule has 0 radical (unpaired) electrons. The van der Waals surface area contributed by atoms with Gasteiger partial charge in [-0.15, -0.1) is 23.2 Å². The third kappa shape index (κ3) is 13.9.